The van der Waals surface area contributed by atoms with Crippen LogP contribution in [0.3, 0.4) is 0 Å². The molecule has 2 fully saturated rings. The molecule has 3 unspecified atom stereocenters. The van der Waals surface area contributed by atoms with Crippen LogP contribution in [0, 0.1) is 29.4 Å². The number of esters is 1. The quantitative estimate of drug-likeness (QED) is 0.218. The number of benzene rings is 1. The summed E-state index contributed by atoms with van der Waals surface area (Å²) in [6.07, 6.45) is 12.1. The number of unbranched alkanes of at least 4 members (excludes halogenated alkanes) is 1. The van der Waals surface area contributed by atoms with E-state index in [0.29, 0.717) is 49.7 Å². The highest BCUT2D eigenvalue weighted by Gasteiger charge is 2.44. The molecule has 0 radical (unpaired) electrons. The van der Waals surface area contributed by atoms with Crippen LogP contribution in [-0.2, 0) is 9.53 Å². The van der Waals surface area contributed by atoms with E-state index in [-0.39, 0.29) is 29.7 Å². The summed E-state index contributed by atoms with van der Waals surface area (Å²) < 4.78 is 40.5. The van der Waals surface area contributed by atoms with E-state index in [1.165, 1.54) is 0 Å². The number of hydrogen-bond donors (Lipinski definition) is 0. The Bertz CT molecular complexity index is 857. The lowest BCUT2D eigenvalue weighted by atomic mass is 9.82. The van der Waals surface area contributed by atoms with Gasteiger partial charge in [-0.2, -0.15) is 4.39 Å². The number of allylic oxidation sites excluding steroid dienone is 2. The zero-order valence-electron chi connectivity index (χ0n) is 20.1. The Morgan fingerprint density at radius 2 is 1.79 bits per heavy atom. The van der Waals surface area contributed by atoms with Crippen molar-refractivity contribution in [1.82, 2.24) is 0 Å². The Kier molecular flexibility index (Phi) is 8.08. The Morgan fingerprint density at radius 1 is 1.00 bits per heavy atom. The van der Waals surface area contributed by atoms with E-state index in [9.17, 15) is 13.6 Å². The molecule has 1 aromatic rings. The molecule has 0 bridgehead atoms. The molecule has 182 valence electrons. The van der Waals surface area contributed by atoms with Crippen molar-refractivity contribution < 1.29 is 23.0 Å². The number of fused-ring (bicyclic) bond motifs is 1. The van der Waals surface area contributed by atoms with Crippen LogP contribution in [0.2, 0.25) is 0 Å². The zero-order chi connectivity index (χ0) is 23.4. The smallest absolute Gasteiger partial charge is 0.309 e. The zero-order valence-corrected chi connectivity index (χ0v) is 20.1. The molecule has 5 heteroatoms. The fraction of sp³-hybridized carbons (Fsp3) is 0.679. The minimum atomic E-state index is -0.888. The molecule has 0 saturated heterocycles. The van der Waals surface area contributed by atoms with Gasteiger partial charge in [0.1, 0.15) is 6.10 Å². The van der Waals surface area contributed by atoms with E-state index < -0.39 is 11.6 Å². The van der Waals surface area contributed by atoms with Crippen molar-refractivity contribution in [2.45, 2.75) is 96.5 Å². The Balaban J connectivity index is 1.28. The molecule has 4 rings (SSSR count). The summed E-state index contributed by atoms with van der Waals surface area (Å²) in [6, 6.07) is 3.21. The Labute approximate surface area is 196 Å². The predicted molar refractivity (Wildman–Crippen MR) is 125 cm³/mol. The minimum absolute atomic E-state index is 0.00863. The lowest BCUT2D eigenvalue weighted by molar-refractivity contribution is -0.157. The van der Waals surface area contributed by atoms with Gasteiger partial charge in [-0.05, 0) is 87.2 Å². The van der Waals surface area contributed by atoms with Crippen molar-refractivity contribution in [2.24, 2.45) is 17.8 Å². The van der Waals surface area contributed by atoms with Gasteiger partial charge >= 0.3 is 5.97 Å². The second-order valence-electron chi connectivity index (χ2n) is 10.1. The molecule has 3 aliphatic rings. The molecule has 0 aromatic heterocycles. The largest absolute Gasteiger partial charge is 0.490 e. The summed E-state index contributed by atoms with van der Waals surface area (Å²) in [5, 5.41) is 0. The summed E-state index contributed by atoms with van der Waals surface area (Å²) in [5.41, 5.74) is 1.97. The van der Waals surface area contributed by atoms with Crippen LogP contribution in [0.25, 0.3) is 0 Å². The van der Waals surface area contributed by atoms with Crippen LogP contribution in [-0.4, -0.2) is 18.7 Å². The normalized spacial score (nSPS) is 29.0. The first-order chi connectivity index (χ1) is 16.0. The molecular weight excluding hydrogens is 422 g/mol. The van der Waals surface area contributed by atoms with E-state index >= 15 is 0 Å². The van der Waals surface area contributed by atoms with Crippen molar-refractivity contribution in [3.8, 4) is 5.75 Å². The van der Waals surface area contributed by atoms with Crippen LogP contribution in [0.4, 0.5) is 8.78 Å². The first-order valence-corrected chi connectivity index (χ1v) is 13.0. The summed E-state index contributed by atoms with van der Waals surface area (Å²) >= 11 is 0. The van der Waals surface area contributed by atoms with Crippen LogP contribution >= 0.6 is 0 Å². The first kappa shape index (κ1) is 24.2. The molecule has 0 spiro atoms. The summed E-state index contributed by atoms with van der Waals surface area (Å²) in [5.74, 6) is -0.765. The van der Waals surface area contributed by atoms with Crippen LogP contribution < -0.4 is 4.74 Å². The summed E-state index contributed by atoms with van der Waals surface area (Å²) in [6.45, 7) is 4.62. The Morgan fingerprint density at radius 3 is 2.52 bits per heavy atom. The molecular formula is C28H38F2O3. The van der Waals surface area contributed by atoms with Gasteiger partial charge in [0.15, 0.2) is 11.6 Å². The highest BCUT2D eigenvalue weighted by atomic mass is 19.2. The third kappa shape index (κ3) is 5.27. The molecule has 1 aromatic carbocycles. The molecule has 2 saturated carbocycles. The maximum atomic E-state index is 14.7. The summed E-state index contributed by atoms with van der Waals surface area (Å²) in [7, 11) is 0. The molecule has 33 heavy (non-hydrogen) atoms. The van der Waals surface area contributed by atoms with Gasteiger partial charge in [0.25, 0.3) is 0 Å². The van der Waals surface area contributed by atoms with Crippen LogP contribution in [0.5, 0.6) is 5.75 Å². The van der Waals surface area contributed by atoms with Crippen molar-refractivity contribution in [3.63, 3.8) is 0 Å². The Hall–Kier alpha value is -1.91. The van der Waals surface area contributed by atoms with Gasteiger partial charge in [0.2, 0.25) is 5.82 Å². The molecule has 0 N–H and O–H groups in total. The number of rotatable bonds is 9. The number of halogens is 2. The molecule has 0 aliphatic heterocycles. The standard InChI is InChI=1S/C28H38F2O3/c1-3-5-17-32-25-16-15-22(26(29)27(25)30)19-7-10-20(11-8-19)33-28(31)24-14-13-21-18(6-4-2)9-12-23(21)24/h9,15-16,19-21,23-24H,3-8,10-14,17H2,1-2H3. The van der Waals surface area contributed by atoms with E-state index in [1.54, 1.807) is 17.7 Å². The van der Waals surface area contributed by atoms with Gasteiger partial charge in [0.05, 0.1) is 12.5 Å². The molecule has 3 aliphatic carbocycles. The first-order valence-electron chi connectivity index (χ1n) is 13.0. The van der Waals surface area contributed by atoms with Gasteiger partial charge in [-0.25, -0.2) is 4.39 Å². The number of ether oxygens (including phenoxy) is 2. The van der Waals surface area contributed by atoms with Gasteiger partial charge < -0.3 is 9.47 Å². The van der Waals surface area contributed by atoms with Gasteiger partial charge in [-0.1, -0.05) is 44.4 Å². The highest BCUT2D eigenvalue weighted by Crippen LogP contribution is 2.49. The highest BCUT2D eigenvalue weighted by molar-refractivity contribution is 5.74. The third-order valence-corrected chi connectivity index (χ3v) is 8.02. The number of carbonyl (C=O) groups excluding carboxylic acids is 1. The van der Waals surface area contributed by atoms with E-state index in [1.807, 2.05) is 6.92 Å². The predicted octanol–water partition coefficient (Wildman–Crippen LogP) is 7.49. The third-order valence-electron chi connectivity index (χ3n) is 8.02. The maximum Gasteiger partial charge on any atom is 0.309 e. The topological polar surface area (TPSA) is 35.5 Å². The van der Waals surface area contributed by atoms with Crippen LogP contribution in [0.1, 0.15) is 96.0 Å². The SMILES string of the molecule is CCCCOc1ccc(C2CCC(OC(=O)C3CCC4C(CCC)=CCC34)CC2)c(F)c1F. The summed E-state index contributed by atoms with van der Waals surface area (Å²) in [4.78, 5) is 12.9. The monoisotopic (exact) mass is 460 g/mol. The van der Waals surface area contributed by atoms with Crippen molar-refractivity contribution in [3.05, 3.63) is 41.0 Å². The second-order valence-corrected chi connectivity index (χ2v) is 10.1. The van der Waals surface area contributed by atoms with Gasteiger partial charge in [0, 0.05) is 0 Å². The van der Waals surface area contributed by atoms with Crippen molar-refractivity contribution in [2.75, 3.05) is 6.61 Å². The number of hydrogen-bond acceptors (Lipinski definition) is 3. The van der Waals surface area contributed by atoms with Crippen molar-refractivity contribution >= 4 is 5.97 Å². The fourth-order valence-corrected chi connectivity index (χ4v) is 6.21. The fourth-order valence-electron chi connectivity index (χ4n) is 6.21. The average molecular weight is 461 g/mol. The lowest BCUT2D eigenvalue weighted by Crippen LogP contribution is -2.29. The minimum Gasteiger partial charge on any atom is -0.490 e. The molecule has 3 nitrogen and oxygen atoms in total. The van der Waals surface area contributed by atoms with Crippen molar-refractivity contribution in [1.29, 1.82) is 0 Å². The van der Waals surface area contributed by atoms with E-state index in [4.69, 9.17) is 9.47 Å². The van der Waals surface area contributed by atoms with E-state index in [0.717, 1.165) is 44.9 Å². The number of carbonyl (C=O) groups is 1. The van der Waals surface area contributed by atoms with Gasteiger partial charge in [-0.15, -0.1) is 0 Å². The van der Waals surface area contributed by atoms with Crippen LogP contribution in [0.15, 0.2) is 23.8 Å². The van der Waals surface area contributed by atoms with Gasteiger partial charge in [-0.3, -0.25) is 4.79 Å². The average Bonchev–Trinajstić information content (AvgIpc) is 3.41. The maximum absolute atomic E-state index is 14.7. The second kappa shape index (κ2) is 11.0. The van der Waals surface area contributed by atoms with E-state index in [2.05, 4.69) is 13.0 Å². The molecule has 0 heterocycles. The molecule has 0 amide bonds. The molecule has 3 atom stereocenters. The lowest BCUT2D eigenvalue weighted by Gasteiger charge is -2.30.